The fourth-order valence-electron chi connectivity index (χ4n) is 2.28. The van der Waals surface area contributed by atoms with E-state index in [9.17, 15) is 0 Å². The van der Waals surface area contributed by atoms with Gasteiger partial charge in [-0.1, -0.05) is 33.6 Å². The largest absolute Gasteiger partial charge is 0.396 e. The molecule has 1 N–H and O–H groups in total. The molecule has 1 nitrogen and oxygen atoms in total. The molecule has 0 saturated heterocycles. The predicted molar refractivity (Wildman–Crippen MR) is 56.7 cm³/mol. The topological polar surface area (TPSA) is 20.2 Å². The van der Waals surface area contributed by atoms with Crippen LogP contribution in [0.3, 0.4) is 0 Å². The van der Waals surface area contributed by atoms with E-state index in [0.717, 1.165) is 6.42 Å². The van der Waals surface area contributed by atoms with Crippen LogP contribution in [-0.2, 0) is 0 Å². The molecule has 0 unspecified atom stereocenters. The van der Waals surface area contributed by atoms with Crippen LogP contribution >= 0.6 is 0 Å². The summed E-state index contributed by atoms with van der Waals surface area (Å²) in [7, 11) is 0. The average molecular weight is 184 g/mol. The lowest BCUT2D eigenvalue weighted by Crippen LogP contribution is -2.21. The van der Waals surface area contributed by atoms with E-state index in [1.54, 1.807) is 0 Å². The molecule has 1 rings (SSSR count). The Hall–Kier alpha value is -0.0400. The van der Waals surface area contributed by atoms with Gasteiger partial charge < -0.3 is 5.11 Å². The number of unbranched alkanes of at least 4 members (excludes halogenated alkanes) is 2. The third-order valence-electron chi connectivity index (χ3n) is 3.76. The molecule has 0 aromatic carbocycles. The third-order valence-corrected chi connectivity index (χ3v) is 3.76. The first-order valence-electron chi connectivity index (χ1n) is 5.63. The molecule has 0 aliphatic heterocycles. The zero-order chi connectivity index (χ0) is 9.95. The standard InChI is InChI=1S/C12H24O/c1-11(2,3)12(8-9-12)7-5-4-6-10-13/h13H,4-10H2,1-3H3. The Bertz CT molecular complexity index is 151. The highest BCUT2D eigenvalue weighted by Gasteiger charge is 2.50. The van der Waals surface area contributed by atoms with Gasteiger partial charge in [-0.3, -0.25) is 0 Å². The summed E-state index contributed by atoms with van der Waals surface area (Å²) >= 11 is 0. The average Bonchev–Trinajstić information content (AvgIpc) is 2.77. The molecule has 1 heteroatoms. The SMILES string of the molecule is CC(C)(C)C1(CCCCCO)CC1. The second-order valence-corrected chi connectivity index (χ2v) is 5.56. The van der Waals surface area contributed by atoms with Crippen LogP contribution in [0.2, 0.25) is 0 Å². The Balaban J connectivity index is 2.21. The van der Waals surface area contributed by atoms with Crippen LogP contribution in [0.5, 0.6) is 0 Å². The second-order valence-electron chi connectivity index (χ2n) is 5.56. The Kier molecular flexibility index (Phi) is 3.39. The number of rotatable bonds is 5. The minimum absolute atomic E-state index is 0.364. The monoisotopic (exact) mass is 184 g/mol. The van der Waals surface area contributed by atoms with Gasteiger partial charge in [0.1, 0.15) is 0 Å². The van der Waals surface area contributed by atoms with E-state index in [0.29, 0.717) is 17.4 Å². The zero-order valence-corrected chi connectivity index (χ0v) is 9.40. The Morgan fingerprint density at radius 1 is 1.08 bits per heavy atom. The maximum absolute atomic E-state index is 8.67. The van der Waals surface area contributed by atoms with Crippen molar-refractivity contribution in [1.29, 1.82) is 0 Å². The molecule has 78 valence electrons. The van der Waals surface area contributed by atoms with Crippen molar-refractivity contribution in [2.24, 2.45) is 10.8 Å². The van der Waals surface area contributed by atoms with Gasteiger partial charge in [0.25, 0.3) is 0 Å². The number of hydrogen-bond donors (Lipinski definition) is 1. The van der Waals surface area contributed by atoms with Crippen molar-refractivity contribution in [2.45, 2.75) is 59.3 Å². The molecule has 0 spiro atoms. The first-order chi connectivity index (χ1) is 6.02. The molecule has 1 aliphatic rings. The molecule has 1 saturated carbocycles. The van der Waals surface area contributed by atoms with Crippen molar-refractivity contribution in [3.8, 4) is 0 Å². The molecule has 13 heavy (non-hydrogen) atoms. The molecule has 0 aromatic heterocycles. The second kappa shape index (κ2) is 4.00. The summed E-state index contributed by atoms with van der Waals surface area (Å²) in [5.74, 6) is 0. The van der Waals surface area contributed by atoms with Crippen LogP contribution in [0.1, 0.15) is 59.3 Å². The van der Waals surface area contributed by atoms with Gasteiger partial charge in [-0.2, -0.15) is 0 Å². The van der Waals surface area contributed by atoms with Gasteiger partial charge in [0, 0.05) is 6.61 Å². The van der Waals surface area contributed by atoms with Gasteiger partial charge in [0.15, 0.2) is 0 Å². The van der Waals surface area contributed by atoms with Gasteiger partial charge in [0.05, 0.1) is 0 Å². The predicted octanol–water partition coefficient (Wildman–Crippen LogP) is 3.37. The summed E-state index contributed by atoms with van der Waals surface area (Å²) in [6.45, 7) is 7.46. The van der Waals surface area contributed by atoms with E-state index in [1.165, 1.54) is 32.1 Å². The molecule has 0 aromatic rings. The maximum atomic E-state index is 8.67. The summed E-state index contributed by atoms with van der Waals surface area (Å²) in [4.78, 5) is 0. The van der Waals surface area contributed by atoms with Gasteiger partial charge >= 0.3 is 0 Å². The highest BCUT2D eigenvalue weighted by molar-refractivity contribution is 5.01. The summed E-state index contributed by atoms with van der Waals surface area (Å²) in [5.41, 5.74) is 1.15. The minimum Gasteiger partial charge on any atom is -0.396 e. The van der Waals surface area contributed by atoms with Crippen LogP contribution in [-0.4, -0.2) is 11.7 Å². The molecule has 1 fully saturated rings. The van der Waals surface area contributed by atoms with Crippen LogP contribution < -0.4 is 0 Å². The minimum atomic E-state index is 0.364. The van der Waals surface area contributed by atoms with E-state index in [4.69, 9.17) is 5.11 Å². The molecular weight excluding hydrogens is 160 g/mol. The Morgan fingerprint density at radius 3 is 2.08 bits per heavy atom. The Morgan fingerprint density at radius 2 is 1.69 bits per heavy atom. The lowest BCUT2D eigenvalue weighted by atomic mass is 9.74. The molecular formula is C12H24O. The maximum Gasteiger partial charge on any atom is 0.0431 e. The number of aliphatic hydroxyl groups is 1. The lowest BCUT2D eigenvalue weighted by molar-refractivity contribution is 0.191. The smallest absolute Gasteiger partial charge is 0.0431 e. The molecule has 0 bridgehead atoms. The summed E-state index contributed by atoms with van der Waals surface area (Å²) in [6, 6.07) is 0. The quantitative estimate of drug-likeness (QED) is 0.649. The van der Waals surface area contributed by atoms with Crippen molar-refractivity contribution in [1.82, 2.24) is 0 Å². The van der Waals surface area contributed by atoms with Crippen molar-refractivity contribution >= 4 is 0 Å². The van der Waals surface area contributed by atoms with Gasteiger partial charge in [0.2, 0.25) is 0 Å². The first kappa shape index (κ1) is 11.0. The van der Waals surface area contributed by atoms with Crippen molar-refractivity contribution in [3.05, 3.63) is 0 Å². The van der Waals surface area contributed by atoms with Crippen molar-refractivity contribution in [3.63, 3.8) is 0 Å². The van der Waals surface area contributed by atoms with Gasteiger partial charge in [-0.25, -0.2) is 0 Å². The van der Waals surface area contributed by atoms with Crippen LogP contribution in [0.4, 0.5) is 0 Å². The fourth-order valence-corrected chi connectivity index (χ4v) is 2.28. The number of aliphatic hydroxyl groups excluding tert-OH is 1. The van der Waals surface area contributed by atoms with Gasteiger partial charge in [-0.15, -0.1) is 0 Å². The lowest BCUT2D eigenvalue weighted by Gasteiger charge is -2.31. The fraction of sp³-hybridized carbons (Fsp3) is 1.00. The van der Waals surface area contributed by atoms with E-state index in [-0.39, 0.29) is 0 Å². The molecule has 0 heterocycles. The molecule has 0 amide bonds. The molecule has 0 atom stereocenters. The third kappa shape index (κ3) is 2.70. The van der Waals surface area contributed by atoms with E-state index in [2.05, 4.69) is 20.8 Å². The summed E-state index contributed by atoms with van der Waals surface area (Å²) in [5, 5.41) is 8.67. The highest BCUT2D eigenvalue weighted by Crippen LogP contribution is 2.61. The van der Waals surface area contributed by atoms with Crippen molar-refractivity contribution in [2.75, 3.05) is 6.61 Å². The zero-order valence-electron chi connectivity index (χ0n) is 9.40. The Labute approximate surface area is 82.5 Å². The normalized spacial score (nSPS) is 20.3. The summed E-state index contributed by atoms with van der Waals surface area (Å²) in [6.07, 6.45) is 7.72. The first-order valence-corrected chi connectivity index (χ1v) is 5.63. The van der Waals surface area contributed by atoms with Crippen molar-refractivity contribution < 1.29 is 5.11 Å². The van der Waals surface area contributed by atoms with Crippen LogP contribution in [0.15, 0.2) is 0 Å². The molecule has 1 aliphatic carbocycles. The van der Waals surface area contributed by atoms with Crippen LogP contribution in [0, 0.1) is 10.8 Å². The van der Waals surface area contributed by atoms with E-state index < -0.39 is 0 Å². The summed E-state index contributed by atoms with van der Waals surface area (Å²) < 4.78 is 0. The van der Waals surface area contributed by atoms with Gasteiger partial charge in [-0.05, 0) is 36.5 Å². The van der Waals surface area contributed by atoms with Crippen LogP contribution in [0.25, 0.3) is 0 Å². The molecule has 0 radical (unpaired) electrons. The van der Waals surface area contributed by atoms with E-state index >= 15 is 0 Å². The highest BCUT2D eigenvalue weighted by atomic mass is 16.2. The number of hydrogen-bond acceptors (Lipinski definition) is 1. The van der Waals surface area contributed by atoms with E-state index in [1.807, 2.05) is 0 Å².